The molecule has 0 amide bonds. The van der Waals surface area contributed by atoms with Crippen molar-refractivity contribution in [3.05, 3.63) is 59.1 Å². The Kier molecular flexibility index (Phi) is 2.68. The van der Waals surface area contributed by atoms with Crippen LogP contribution in [0, 0.1) is 0 Å². The van der Waals surface area contributed by atoms with E-state index in [1.54, 1.807) is 24.3 Å². The Balaban J connectivity index is 2.29. The summed E-state index contributed by atoms with van der Waals surface area (Å²) in [5.41, 5.74) is -0.631. The molecule has 0 aliphatic carbocycles. The van der Waals surface area contributed by atoms with Crippen LogP contribution >= 0.6 is 11.6 Å². The van der Waals surface area contributed by atoms with E-state index >= 15 is 0 Å². The summed E-state index contributed by atoms with van der Waals surface area (Å²) in [6, 6.07) is 12.7. The van der Waals surface area contributed by atoms with Crippen LogP contribution in [-0.2, 0) is 6.18 Å². The van der Waals surface area contributed by atoms with Crippen LogP contribution in [0.25, 0.3) is 21.5 Å². The Labute approximate surface area is 112 Å². The Morgan fingerprint density at radius 1 is 0.684 bits per heavy atom. The quantitative estimate of drug-likeness (QED) is 0.466. The number of rotatable bonds is 0. The SMILES string of the molecule is FC(F)(F)c1ccc2cc3cc(Cl)ccc3cc2c1. The minimum Gasteiger partial charge on any atom is -0.166 e. The molecule has 0 nitrogen and oxygen atoms in total. The van der Waals surface area contributed by atoms with Crippen LogP contribution in [0.15, 0.2) is 48.5 Å². The molecule has 0 saturated carbocycles. The van der Waals surface area contributed by atoms with E-state index in [9.17, 15) is 13.2 Å². The molecule has 0 N–H and O–H groups in total. The summed E-state index contributed by atoms with van der Waals surface area (Å²) < 4.78 is 38.0. The molecule has 3 aromatic carbocycles. The minimum absolute atomic E-state index is 0.574. The Hall–Kier alpha value is -1.74. The zero-order valence-electron chi connectivity index (χ0n) is 9.63. The molecule has 0 atom stereocenters. The van der Waals surface area contributed by atoms with E-state index in [-0.39, 0.29) is 0 Å². The van der Waals surface area contributed by atoms with Crippen LogP contribution in [0.2, 0.25) is 5.02 Å². The molecule has 19 heavy (non-hydrogen) atoms. The maximum atomic E-state index is 12.7. The van der Waals surface area contributed by atoms with Crippen LogP contribution in [0.1, 0.15) is 5.56 Å². The van der Waals surface area contributed by atoms with Crippen molar-refractivity contribution in [3.63, 3.8) is 0 Å². The summed E-state index contributed by atoms with van der Waals surface area (Å²) in [5, 5.41) is 3.74. The number of alkyl halides is 3. The van der Waals surface area contributed by atoms with Gasteiger partial charge < -0.3 is 0 Å². The van der Waals surface area contributed by atoms with Gasteiger partial charge in [-0.25, -0.2) is 0 Å². The fraction of sp³-hybridized carbons (Fsp3) is 0.0667. The van der Waals surface area contributed by atoms with Crippen molar-refractivity contribution in [2.45, 2.75) is 6.18 Å². The van der Waals surface area contributed by atoms with Crippen molar-refractivity contribution in [2.24, 2.45) is 0 Å². The van der Waals surface area contributed by atoms with Crippen molar-refractivity contribution in [2.75, 3.05) is 0 Å². The molecular formula is C15H8ClF3. The molecule has 4 heteroatoms. The fourth-order valence-electron chi connectivity index (χ4n) is 2.14. The average Bonchev–Trinajstić information content (AvgIpc) is 2.34. The normalized spacial score (nSPS) is 12.2. The molecule has 0 fully saturated rings. The molecule has 3 rings (SSSR count). The van der Waals surface area contributed by atoms with E-state index in [4.69, 9.17) is 11.6 Å². The third-order valence-electron chi connectivity index (χ3n) is 3.08. The van der Waals surface area contributed by atoms with Gasteiger partial charge in [-0.05, 0) is 57.9 Å². The third-order valence-corrected chi connectivity index (χ3v) is 3.32. The van der Waals surface area contributed by atoms with Crippen LogP contribution < -0.4 is 0 Å². The number of benzene rings is 3. The van der Waals surface area contributed by atoms with E-state index in [1.807, 2.05) is 6.07 Å². The average molecular weight is 281 g/mol. The molecule has 0 spiro atoms. The lowest BCUT2D eigenvalue weighted by Crippen LogP contribution is -2.04. The topological polar surface area (TPSA) is 0 Å². The molecule has 0 aliphatic heterocycles. The molecule has 0 aliphatic rings. The Morgan fingerprint density at radius 2 is 1.26 bits per heavy atom. The second-order valence-electron chi connectivity index (χ2n) is 4.40. The van der Waals surface area contributed by atoms with Gasteiger partial charge in [0.15, 0.2) is 0 Å². The first-order valence-corrected chi connectivity index (χ1v) is 6.01. The minimum atomic E-state index is -4.32. The first kappa shape index (κ1) is 12.3. The van der Waals surface area contributed by atoms with Crippen LogP contribution in [0.3, 0.4) is 0 Å². The first-order valence-electron chi connectivity index (χ1n) is 5.64. The van der Waals surface area contributed by atoms with Gasteiger partial charge in [-0.15, -0.1) is 0 Å². The molecule has 0 aromatic heterocycles. The summed E-state index contributed by atoms with van der Waals surface area (Å²) >= 11 is 5.91. The van der Waals surface area contributed by atoms with Crippen LogP contribution in [0.4, 0.5) is 13.2 Å². The fourth-order valence-corrected chi connectivity index (χ4v) is 2.33. The van der Waals surface area contributed by atoms with Crippen LogP contribution in [0.5, 0.6) is 0 Å². The predicted octanol–water partition coefficient (Wildman–Crippen LogP) is 5.67. The van der Waals surface area contributed by atoms with Gasteiger partial charge in [-0.3, -0.25) is 0 Å². The zero-order valence-corrected chi connectivity index (χ0v) is 10.4. The van der Waals surface area contributed by atoms with E-state index < -0.39 is 11.7 Å². The maximum absolute atomic E-state index is 12.7. The molecule has 0 bridgehead atoms. The highest BCUT2D eigenvalue weighted by molar-refractivity contribution is 6.31. The molecule has 0 saturated heterocycles. The van der Waals surface area contributed by atoms with E-state index in [2.05, 4.69) is 0 Å². The predicted molar refractivity (Wildman–Crippen MR) is 71.5 cm³/mol. The molecule has 0 heterocycles. The van der Waals surface area contributed by atoms with Crippen molar-refractivity contribution >= 4 is 33.1 Å². The molecule has 3 aromatic rings. The molecule has 0 unspecified atom stereocenters. The molecular weight excluding hydrogens is 273 g/mol. The number of halogens is 4. The van der Waals surface area contributed by atoms with Crippen molar-refractivity contribution in [3.8, 4) is 0 Å². The number of fused-ring (bicyclic) bond motifs is 2. The van der Waals surface area contributed by atoms with Gasteiger partial charge in [0.25, 0.3) is 0 Å². The van der Waals surface area contributed by atoms with Gasteiger partial charge in [-0.2, -0.15) is 13.2 Å². The summed E-state index contributed by atoms with van der Waals surface area (Å²) in [6.45, 7) is 0. The van der Waals surface area contributed by atoms with Gasteiger partial charge in [0.05, 0.1) is 5.56 Å². The number of hydrogen-bond acceptors (Lipinski definition) is 0. The summed E-state index contributed by atoms with van der Waals surface area (Å²) in [6.07, 6.45) is -4.32. The Morgan fingerprint density at radius 3 is 1.89 bits per heavy atom. The molecule has 0 radical (unpaired) electrons. The maximum Gasteiger partial charge on any atom is 0.416 e. The van der Waals surface area contributed by atoms with Crippen molar-refractivity contribution in [1.29, 1.82) is 0 Å². The highest BCUT2D eigenvalue weighted by Crippen LogP contribution is 2.33. The van der Waals surface area contributed by atoms with Gasteiger partial charge >= 0.3 is 6.18 Å². The first-order chi connectivity index (χ1) is 8.93. The van der Waals surface area contributed by atoms with Gasteiger partial charge in [-0.1, -0.05) is 23.7 Å². The number of hydrogen-bond donors (Lipinski definition) is 0. The highest BCUT2D eigenvalue weighted by atomic mass is 35.5. The van der Waals surface area contributed by atoms with E-state index in [0.717, 1.165) is 22.2 Å². The lowest BCUT2D eigenvalue weighted by Gasteiger charge is -2.08. The standard InChI is InChI=1S/C15H8ClF3/c16-14-4-2-10-5-11-7-13(15(17,18)19)3-1-9(11)6-12(10)8-14/h1-8H. The highest BCUT2D eigenvalue weighted by Gasteiger charge is 2.30. The molecule has 96 valence electrons. The second-order valence-corrected chi connectivity index (χ2v) is 4.84. The lowest BCUT2D eigenvalue weighted by atomic mass is 10.0. The zero-order chi connectivity index (χ0) is 13.6. The van der Waals surface area contributed by atoms with Crippen molar-refractivity contribution < 1.29 is 13.2 Å². The summed E-state index contributed by atoms with van der Waals surface area (Å²) in [5.74, 6) is 0. The summed E-state index contributed by atoms with van der Waals surface area (Å²) in [7, 11) is 0. The summed E-state index contributed by atoms with van der Waals surface area (Å²) in [4.78, 5) is 0. The second kappa shape index (κ2) is 4.14. The smallest absolute Gasteiger partial charge is 0.166 e. The Bertz CT molecular complexity index is 775. The monoisotopic (exact) mass is 280 g/mol. The van der Waals surface area contributed by atoms with E-state index in [0.29, 0.717) is 10.4 Å². The van der Waals surface area contributed by atoms with Gasteiger partial charge in [0.2, 0.25) is 0 Å². The van der Waals surface area contributed by atoms with Crippen molar-refractivity contribution in [1.82, 2.24) is 0 Å². The van der Waals surface area contributed by atoms with Crippen LogP contribution in [-0.4, -0.2) is 0 Å². The lowest BCUT2D eigenvalue weighted by molar-refractivity contribution is -0.137. The van der Waals surface area contributed by atoms with Gasteiger partial charge in [0, 0.05) is 5.02 Å². The largest absolute Gasteiger partial charge is 0.416 e. The third kappa shape index (κ3) is 2.26. The van der Waals surface area contributed by atoms with E-state index in [1.165, 1.54) is 12.1 Å². The van der Waals surface area contributed by atoms with Gasteiger partial charge in [0.1, 0.15) is 0 Å².